The normalized spacial score (nSPS) is 10.1. The Balaban J connectivity index is 1.86. The molecule has 0 aliphatic heterocycles. The van der Waals surface area contributed by atoms with E-state index in [-0.39, 0.29) is 18.8 Å². The fraction of sp³-hybridized carbons (Fsp3) is 0.263. The summed E-state index contributed by atoms with van der Waals surface area (Å²) in [5.41, 5.74) is 2.66. The molecule has 9 nitrogen and oxygen atoms in total. The zero-order valence-electron chi connectivity index (χ0n) is 15.9. The number of hydrogen-bond acceptors (Lipinski definition) is 6. The summed E-state index contributed by atoms with van der Waals surface area (Å²) in [6, 6.07) is 9.72. The highest BCUT2D eigenvalue weighted by atomic mass is 16.6. The van der Waals surface area contributed by atoms with Crippen molar-refractivity contribution in [3.63, 3.8) is 0 Å². The van der Waals surface area contributed by atoms with Gasteiger partial charge in [0.25, 0.3) is 5.69 Å². The van der Waals surface area contributed by atoms with Crippen molar-refractivity contribution in [1.29, 1.82) is 0 Å². The molecule has 3 N–H and O–H groups in total. The van der Waals surface area contributed by atoms with Crippen LogP contribution in [0.15, 0.2) is 36.4 Å². The lowest BCUT2D eigenvalue weighted by Crippen LogP contribution is -2.36. The van der Waals surface area contributed by atoms with Crippen molar-refractivity contribution in [2.24, 2.45) is 0 Å². The Morgan fingerprint density at radius 1 is 1.04 bits per heavy atom. The molecule has 0 aliphatic rings. The van der Waals surface area contributed by atoms with Crippen molar-refractivity contribution < 1.29 is 19.2 Å². The van der Waals surface area contributed by atoms with Crippen LogP contribution in [0.25, 0.3) is 0 Å². The first-order valence-electron chi connectivity index (χ1n) is 8.50. The summed E-state index contributed by atoms with van der Waals surface area (Å²) in [7, 11) is 1.50. The number of nitrogens with one attached hydrogen (secondary N) is 3. The van der Waals surface area contributed by atoms with Crippen LogP contribution < -0.4 is 20.7 Å². The lowest BCUT2D eigenvalue weighted by molar-refractivity contribution is -0.384. The van der Waals surface area contributed by atoms with Gasteiger partial charge in [0.05, 0.1) is 30.8 Å². The number of anilines is 2. The van der Waals surface area contributed by atoms with Gasteiger partial charge in [0, 0.05) is 17.8 Å². The summed E-state index contributed by atoms with van der Waals surface area (Å²) in [6.07, 6.45) is 0. The fourth-order valence-corrected chi connectivity index (χ4v) is 2.44. The van der Waals surface area contributed by atoms with Crippen LogP contribution in [0.2, 0.25) is 0 Å². The topological polar surface area (TPSA) is 123 Å². The van der Waals surface area contributed by atoms with Crippen LogP contribution in [0.3, 0.4) is 0 Å². The van der Waals surface area contributed by atoms with Crippen LogP contribution in [-0.2, 0) is 9.59 Å². The highest BCUT2D eigenvalue weighted by Gasteiger charge is 2.12. The summed E-state index contributed by atoms with van der Waals surface area (Å²) >= 11 is 0. The molecule has 2 aromatic carbocycles. The summed E-state index contributed by atoms with van der Waals surface area (Å²) in [5.74, 6) is -0.297. The Hall–Kier alpha value is -3.62. The van der Waals surface area contributed by atoms with Crippen molar-refractivity contribution in [3.8, 4) is 5.75 Å². The number of rotatable bonds is 8. The second-order valence-corrected chi connectivity index (χ2v) is 6.14. The van der Waals surface area contributed by atoms with Crippen molar-refractivity contribution in [1.82, 2.24) is 5.32 Å². The van der Waals surface area contributed by atoms with E-state index in [0.717, 1.165) is 11.1 Å². The molecular formula is C19H22N4O5. The fourth-order valence-electron chi connectivity index (χ4n) is 2.44. The number of nitrogens with zero attached hydrogens (tertiary/aromatic N) is 1. The van der Waals surface area contributed by atoms with Crippen molar-refractivity contribution >= 4 is 28.9 Å². The first-order valence-corrected chi connectivity index (χ1v) is 8.50. The quantitative estimate of drug-likeness (QED) is 0.473. The number of nitro groups is 1. The van der Waals surface area contributed by atoms with E-state index in [9.17, 15) is 19.7 Å². The van der Waals surface area contributed by atoms with Crippen LogP contribution in [-0.4, -0.2) is 36.9 Å². The Labute approximate surface area is 162 Å². The van der Waals surface area contributed by atoms with Crippen molar-refractivity contribution in [2.45, 2.75) is 13.8 Å². The number of aryl methyl sites for hydroxylation is 2. The Morgan fingerprint density at radius 3 is 2.46 bits per heavy atom. The summed E-state index contributed by atoms with van der Waals surface area (Å²) in [4.78, 5) is 34.4. The molecule has 9 heteroatoms. The molecule has 0 bridgehead atoms. The smallest absolute Gasteiger partial charge is 0.271 e. The van der Waals surface area contributed by atoms with Crippen molar-refractivity contribution in [3.05, 3.63) is 57.6 Å². The lowest BCUT2D eigenvalue weighted by atomic mass is 10.2. The standard InChI is InChI=1S/C19H22N4O5/c1-12-4-7-17(28-3)16(8-12)22-19(25)11-21-18(24)10-20-15-9-14(23(26)27)6-5-13(15)2/h4-9,20H,10-11H2,1-3H3,(H,21,24)(H,22,25). The number of non-ortho nitro benzene ring substituents is 1. The molecule has 0 saturated heterocycles. The first kappa shape index (κ1) is 20.7. The van der Waals surface area contributed by atoms with E-state index >= 15 is 0 Å². The van der Waals surface area contributed by atoms with Gasteiger partial charge >= 0.3 is 0 Å². The second kappa shape index (κ2) is 9.36. The number of amides is 2. The van der Waals surface area contributed by atoms with Gasteiger partial charge in [-0.3, -0.25) is 19.7 Å². The van der Waals surface area contributed by atoms with Crippen LogP contribution in [0.5, 0.6) is 5.75 Å². The maximum absolute atomic E-state index is 12.1. The van der Waals surface area contributed by atoms with Gasteiger partial charge in [-0.05, 0) is 37.1 Å². The Bertz CT molecular complexity index is 898. The highest BCUT2D eigenvalue weighted by molar-refractivity contribution is 5.96. The molecule has 0 aliphatic carbocycles. The average Bonchev–Trinajstić information content (AvgIpc) is 2.65. The number of benzene rings is 2. The number of ether oxygens (including phenoxy) is 1. The van der Waals surface area contributed by atoms with E-state index in [4.69, 9.17) is 4.74 Å². The van der Waals surface area contributed by atoms with Crippen molar-refractivity contribution in [2.75, 3.05) is 30.8 Å². The van der Waals surface area contributed by atoms with E-state index in [2.05, 4.69) is 16.0 Å². The molecule has 0 atom stereocenters. The molecule has 2 amide bonds. The molecule has 148 valence electrons. The van der Waals surface area contributed by atoms with E-state index in [0.29, 0.717) is 17.1 Å². The van der Waals surface area contributed by atoms with Crippen LogP contribution in [0.4, 0.5) is 17.1 Å². The molecule has 2 aromatic rings. The monoisotopic (exact) mass is 386 g/mol. The SMILES string of the molecule is COc1ccc(C)cc1NC(=O)CNC(=O)CNc1cc([N+](=O)[O-])ccc1C. The third-order valence-electron chi connectivity index (χ3n) is 3.95. The average molecular weight is 386 g/mol. The molecule has 0 saturated carbocycles. The highest BCUT2D eigenvalue weighted by Crippen LogP contribution is 2.25. The van der Waals surface area contributed by atoms with E-state index in [1.165, 1.54) is 19.2 Å². The van der Waals surface area contributed by atoms with Crippen LogP contribution in [0.1, 0.15) is 11.1 Å². The second-order valence-electron chi connectivity index (χ2n) is 6.14. The number of carbonyl (C=O) groups excluding carboxylic acids is 2. The van der Waals surface area contributed by atoms with Gasteiger partial charge in [-0.25, -0.2) is 0 Å². The molecule has 0 heterocycles. The van der Waals surface area contributed by atoms with E-state index in [1.54, 1.807) is 25.1 Å². The lowest BCUT2D eigenvalue weighted by Gasteiger charge is -2.12. The molecule has 2 rings (SSSR count). The number of carbonyl (C=O) groups is 2. The number of hydrogen-bond donors (Lipinski definition) is 3. The largest absolute Gasteiger partial charge is 0.495 e. The van der Waals surface area contributed by atoms with E-state index in [1.807, 2.05) is 13.0 Å². The van der Waals surface area contributed by atoms with Gasteiger partial charge in [0.1, 0.15) is 5.75 Å². The molecule has 0 spiro atoms. The molecule has 0 aromatic heterocycles. The van der Waals surface area contributed by atoms with Gasteiger partial charge in [-0.1, -0.05) is 12.1 Å². The molecule has 0 fully saturated rings. The van der Waals surface area contributed by atoms with Crippen LogP contribution >= 0.6 is 0 Å². The van der Waals surface area contributed by atoms with Gasteiger partial charge in [0.15, 0.2) is 0 Å². The summed E-state index contributed by atoms with van der Waals surface area (Å²) < 4.78 is 5.19. The minimum atomic E-state index is -0.505. The minimum Gasteiger partial charge on any atom is -0.495 e. The Kier molecular flexibility index (Phi) is 6.91. The van der Waals surface area contributed by atoms with Gasteiger partial charge < -0.3 is 20.7 Å². The summed E-state index contributed by atoms with van der Waals surface area (Å²) in [5, 5.41) is 18.9. The predicted molar refractivity (Wildman–Crippen MR) is 106 cm³/mol. The van der Waals surface area contributed by atoms with Gasteiger partial charge in [-0.15, -0.1) is 0 Å². The zero-order valence-corrected chi connectivity index (χ0v) is 15.9. The third kappa shape index (κ3) is 5.70. The maximum atomic E-state index is 12.1. The molecule has 28 heavy (non-hydrogen) atoms. The molecular weight excluding hydrogens is 364 g/mol. The van der Waals surface area contributed by atoms with Gasteiger partial charge in [-0.2, -0.15) is 0 Å². The third-order valence-corrected chi connectivity index (χ3v) is 3.95. The number of methoxy groups -OCH3 is 1. The number of nitro benzene ring substituents is 1. The van der Waals surface area contributed by atoms with Crippen LogP contribution in [0, 0.1) is 24.0 Å². The van der Waals surface area contributed by atoms with Gasteiger partial charge in [0.2, 0.25) is 11.8 Å². The first-order chi connectivity index (χ1) is 13.3. The zero-order chi connectivity index (χ0) is 20.7. The minimum absolute atomic E-state index is 0.0695. The molecule has 0 radical (unpaired) electrons. The Morgan fingerprint density at radius 2 is 1.79 bits per heavy atom. The predicted octanol–water partition coefficient (Wildman–Crippen LogP) is 2.39. The van der Waals surface area contributed by atoms with E-state index < -0.39 is 16.7 Å². The maximum Gasteiger partial charge on any atom is 0.271 e. The molecule has 0 unspecified atom stereocenters. The summed E-state index contributed by atoms with van der Waals surface area (Å²) in [6.45, 7) is 3.32.